The van der Waals surface area contributed by atoms with Crippen LogP contribution in [0.15, 0.2) is 46.3 Å². The van der Waals surface area contributed by atoms with Crippen LogP contribution in [0, 0.1) is 11.3 Å². The van der Waals surface area contributed by atoms with Gasteiger partial charge in [-0.05, 0) is 60.2 Å². The van der Waals surface area contributed by atoms with Gasteiger partial charge >= 0.3 is 6.18 Å². The van der Waals surface area contributed by atoms with Crippen molar-refractivity contribution in [2.45, 2.75) is 18.7 Å². The fourth-order valence-corrected chi connectivity index (χ4v) is 4.29. The number of benzene rings is 2. The van der Waals surface area contributed by atoms with Crippen LogP contribution in [0.25, 0.3) is 6.08 Å². The van der Waals surface area contributed by atoms with Crippen molar-refractivity contribution in [3.8, 4) is 23.3 Å². The fraction of sp³-hybridized carbons (Fsp3) is 0.227. The molecule has 2 aliphatic heterocycles. The topological polar surface area (TPSA) is 106 Å². The summed E-state index contributed by atoms with van der Waals surface area (Å²) in [7, 11) is 0. The third-order valence-corrected chi connectivity index (χ3v) is 6.00. The first-order valence-electron chi connectivity index (χ1n) is 9.72. The first kappa shape index (κ1) is 22.7. The molecule has 2 aromatic carbocycles. The molecule has 4 rings (SSSR count). The molecule has 2 aliphatic rings. The maximum atomic E-state index is 13.3. The number of halogens is 3. The number of ether oxygens (including phenoxy) is 1. The van der Waals surface area contributed by atoms with E-state index >= 15 is 0 Å². The highest BCUT2D eigenvalue weighted by Gasteiger charge is 2.35. The van der Waals surface area contributed by atoms with E-state index in [0.29, 0.717) is 41.2 Å². The predicted octanol–water partition coefficient (Wildman–Crippen LogP) is 4.11. The second-order valence-electron chi connectivity index (χ2n) is 7.35. The summed E-state index contributed by atoms with van der Waals surface area (Å²) in [5.41, 5.74) is -0.897. The Morgan fingerprint density at radius 1 is 1.24 bits per heavy atom. The van der Waals surface area contributed by atoms with E-state index in [1.807, 2.05) is 4.90 Å². The predicted molar refractivity (Wildman–Crippen MR) is 115 cm³/mol. The summed E-state index contributed by atoms with van der Waals surface area (Å²) in [6.45, 7) is 0.990. The van der Waals surface area contributed by atoms with Gasteiger partial charge in [0.25, 0.3) is 5.91 Å². The highest BCUT2D eigenvalue weighted by atomic mass is 32.2. The molecule has 1 saturated heterocycles. The molecule has 11 heteroatoms. The largest absolute Gasteiger partial charge is 0.504 e. The van der Waals surface area contributed by atoms with E-state index in [4.69, 9.17) is 10.00 Å². The molecule has 0 aromatic heterocycles. The number of β-amino-alcohol motifs (C(OH)–C–C–N with tert-alkyl or cyclic N) is 1. The number of hydrogen-bond acceptors (Lipinski definition) is 7. The summed E-state index contributed by atoms with van der Waals surface area (Å²) in [5.74, 6) is -1.67. The van der Waals surface area contributed by atoms with Crippen LogP contribution in [-0.2, 0) is 11.0 Å². The number of aromatic hydroxyl groups is 1. The summed E-state index contributed by atoms with van der Waals surface area (Å²) < 4.78 is 45.3. The van der Waals surface area contributed by atoms with Crippen molar-refractivity contribution in [1.29, 1.82) is 5.26 Å². The summed E-state index contributed by atoms with van der Waals surface area (Å²) in [6, 6.07) is 8.52. The van der Waals surface area contributed by atoms with Crippen molar-refractivity contribution in [1.82, 2.24) is 4.90 Å². The van der Waals surface area contributed by atoms with Gasteiger partial charge in [-0.1, -0.05) is 6.07 Å². The molecule has 1 amide bonds. The number of aliphatic hydroxyl groups is 1. The van der Waals surface area contributed by atoms with E-state index in [-0.39, 0.29) is 11.3 Å². The van der Waals surface area contributed by atoms with Crippen LogP contribution < -0.4 is 4.74 Å². The van der Waals surface area contributed by atoms with E-state index in [0.717, 1.165) is 17.8 Å². The number of phenolic OH excluding ortho intramolecular Hbond substituents is 1. The number of rotatable bonds is 3. The molecule has 7 nitrogen and oxygen atoms in total. The highest BCUT2D eigenvalue weighted by Crippen LogP contribution is 2.41. The molecule has 2 aromatic rings. The van der Waals surface area contributed by atoms with Gasteiger partial charge in [-0.3, -0.25) is 4.79 Å². The monoisotopic (exact) mass is 475 g/mol. The Balaban J connectivity index is 1.53. The minimum atomic E-state index is -4.76. The molecule has 0 bridgehead atoms. The second kappa shape index (κ2) is 8.80. The van der Waals surface area contributed by atoms with E-state index in [9.17, 15) is 28.2 Å². The van der Waals surface area contributed by atoms with Crippen molar-refractivity contribution in [2.75, 3.05) is 13.1 Å². The van der Waals surface area contributed by atoms with E-state index in [1.165, 1.54) is 30.3 Å². The number of nitrogens with zero attached hydrogens (tertiary/aromatic N) is 3. The number of aliphatic imine (C=N–C) groups is 1. The molecule has 1 fully saturated rings. The quantitative estimate of drug-likeness (QED) is 0.644. The van der Waals surface area contributed by atoms with Crippen LogP contribution in [0.4, 0.5) is 13.2 Å². The molecule has 0 radical (unpaired) electrons. The summed E-state index contributed by atoms with van der Waals surface area (Å²) >= 11 is 1.15. The lowest BCUT2D eigenvalue weighted by molar-refractivity contribution is -0.138. The Kier molecular flexibility index (Phi) is 6.05. The van der Waals surface area contributed by atoms with Crippen LogP contribution in [0.2, 0.25) is 0 Å². The van der Waals surface area contributed by atoms with E-state index < -0.39 is 35.2 Å². The van der Waals surface area contributed by atoms with Gasteiger partial charge in [-0.25, -0.2) is 0 Å². The first-order valence-corrected chi connectivity index (χ1v) is 10.5. The minimum Gasteiger partial charge on any atom is -0.504 e. The Labute approximate surface area is 190 Å². The number of carbonyl (C=O) groups is 1. The number of hydrogen-bond donors (Lipinski definition) is 2. The molecule has 33 heavy (non-hydrogen) atoms. The zero-order chi connectivity index (χ0) is 23.8. The lowest BCUT2D eigenvalue weighted by atomic mass is 10.1. The summed E-state index contributed by atoms with van der Waals surface area (Å²) in [5, 5.41) is 29.3. The van der Waals surface area contributed by atoms with Crippen LogP contribution in [-0.4, -0.2) is 45.4 Å². The lowest BCUT2D eigenvalue weighted by Gasteiger charge is -2.15. The average Bonchev–Trinajstić information content (AvgIpc) is 3.35. The Morgan fingerprint density at radius 2 is 2.00 bits per heavy atom. The number of thioether (sulfide) groups is 1. The number of aliphatic hydroxyl groups excluding tert-OH is 1. The number of carbonyl (C=O) groups excluding carboxylic acids is 1. The van der Waals surface area contributed by atoms with E-state index in [1.54, 1.807) is 6.07 Å². The molecule has 2 N–H and O–H groups in total. The van der Waals surface area contributed by atoms with Crippen LogP contribution in [0.3, 0.4) is 0 Å². The van der Waals surface area contributed by atoms with Gasteiger partial charge in [0.2, 0.25) is 0 Å². The minimum absolute atomic E-state index is 0.176. The van der Waals surface area contributed by atoms with Crippen LogP contribution in [0.5, 0.6) is 17.2 Å². The van der Waals surface area contributed by atoms with E-state index in [2.05, 4.69) is 4.99 Å². The maximum absolute atomic E-state index is 13.3. The van der Waals surface area contributed by atoms with Crippen molar-refractivity contribution in [2.24, 2.45) is 4.99 Å². The third-order valence-electron chi connectivity index (χ3n) is 4.96. The molecule has 1 unspecified atom stereocenters. The lowest BCUT2D eigenvalue weighted by Crippen LogP contribution is -2.26. The molecule has 0 aliphatic carbocycles. The molecular weight excluding hydrogens is 459 g/mol. The Hall–Kier alpha value is -3.49. The van der Waals surface area contributed by atoms with Crippen molar-refractivity contribution in [3.05, 3.63) is 58.0 Å². The fourth-order valence-electron chi connectivity index (χ4n) is 3.34. The van der Waals surface area contributed by atoms with Gasteiger partial charge in [0, 0.05) is 13.1 Å². The maximum Gasteiger partial charge on any atom is 0.420 e. The number of phenols is 1. The van der Waals surface area contributed by atoms with Crippen molar-refractivity contribution in [3.63, 3.8) is 0 Å². The Morgan fingerprint density at radius 3 is 2.64 bits per heavy atom. The van der Waals surface area contributed by atoms with Gasteiger partial charge in [0.1, 0.15) is 5.75 Å². The number of amidine groups is 1. The molecular formula is C22H16F3N3O4S. The first-order chi connectivity index (χ1) is 15.6. The molecule has 2 heterocycles. The molecule has 170 valence electrons. The SMILES string of the molecule is N#Cc1ccc(Oc2ccc(/C=C3\SC(N4CCC(O)C4)=NC3=O)cc2O)c(C(F)(F)F)c1. The molecule has 0 spiro atoms. The van der Waals surface area contributed by atoms with Crippen molar-refractivity contribution < 1.29 is 32.9 Å². The normalized spacial score (nSPS) is 19.7. The molecule has 0 saturated carbocycles. The number of amides is 1. The van der Waals surface area contributed by atoms with Gasteiger partial charge in [0.05, 0.1) is 28.2 Å². The number of likely N-dealkylation sites (tertiary alicyclic amines) is 1. The summed E-state index contributed by atoms with van der Waals surface area (Å²) in [6.07, 6.45) is -3.12. The number of alkyl halides is 3. The zero-order valence-corrected chi connectivity index (χ0v) is 17.7. The zero-order valence-electron chi connectivity index (χ0n) is 16.8. The number of nitriles is 1. The van der Waals surface area contributed by atoms with Crippen molar-refractivity contribution >= 4 is 28.9 Å². The Bertz CT molecular complexity index is 1220. The average molecular weight is 475 g/mol. The smallest absolute Gasteiger partial charge is 0.420 e. The highest BCUT2D eigenvalue weighted by molar-refractivity contribution is 8.18. The molecule has 1 atom stereocenters. The summed E-state index contributed by atoms with van der Waals surface area (Å²) in [4.78, 5) is 18.3. The standard InChI is InChI=1S/C22H16F3N3O4S/c23-22(24,25)15-7-13(10-26)2-3-17(15)32-18-4-1-12(8-16(18)30)9-19-20(31)27-21(33-19)28-6-5-14(29)11-28/h1-4,7-9,14,29-30H,5-6,11H2/b19-9-. The van der Waals surface area contributed by atoms with Gasteiger partial charge in [-0.15, -0.1) is 0 Å². The van der Waals surface area contributed by atoms with Crippen LogP contribution in [0.1, 0.15) is 23.1 Å². The van der Waals surface area contributed by atoms with Gasteiger partial charge in [0.15, 0.2) is 16.7 Å². The third kappa shape index (κ3) is 4.97. The van der Waals surface area contributed by atoms with Crippen LogP contribution >= 0.6 is 11.8 Å². The second-order valence-corrected chi connectivity index (χ2v) is 8.36. The van der Waals surface area contributed by atoms with Gasteiger partial charge < -0.3 is 19.8 Å². The van der Waals surface area contributed by atoms with Gasteiger partial charge in [-0.2, -0.15) is 23.4 Å².